The molecular formula is C25H27NO7S. The molecule has 34 heavy (non-hydrogen) atoms. The fourth-order valence-corrected chi connectivity index (χ4v) is 5.31. The predicted molar refractivity (Wildman–Crippen MR) is 125 cm³/mol. The molecule has 2 aliphatic rings. The highest BCUT2D eigenvalue weighted by Gasteiger charge is 2.54. The van der Waals surface area contributed by atoms with E-state index in [4.69, 9.17) is 14.2 Å². The number of aliphatic hydroxyl groups excluding tert-OH is 1. The van der Waals surface area contributed by atoms with Crippen LogP contribution in [0.1, 0.15) is 40.1 Å². The van der Waals surface area contributed by atoms with Gasteiger partial charge in [0, 0.05) is 6.92 Å². The van der Waals surface area contributed by atoms with Crippen molar-refractivity contribution >= 4 is 29.5 Å². The minimum atomic E-state index is -1.30. The first-order chi connectivity index (χ1) is 16.4. The van der Waals surface area contributed by atoms with Crippen LogP contribution < -0.4 is 0 Å². The second-order valence-corrected chi connectivity index (χ2v) is 9.46. The molecule has 2 aliphatic heterocycles. The Morgan fingerprint density at radius 3 is 2.26 bits per heavy atom. The van der Waals surface area contributed by atoms with E-state index in [9.17, 15) is 19.5 Å². The van der Waals surface area contributed by atoms with Crippen LogP contribution in [0.4, 0.5) is 0 Å². The molecule has 5 atom stereocenters. The highest BCUT2D eigenvalue weighted by atomic mass is 32.2. The zero-order valence-corrected chi connectivity index (χ0v) is 19.8. The quantitative estimate of drug-likeness (QED) is 0.450. The van der Waals surface area contributed by atoms with Crippen molar-refractivity contribution in [3.05, 3.63) is 71.3 Å². The van der Waals surface area contributed by atoms with Crippen molar-refractivity contribution in [2.24, 2.45) is 0 Å². The SMILES string of the molecule is CCS[C@@H]1O[C@H](COCc2ccccc2)[C@@H](O)[C@H](OC(C)=O)[C@H]1N1C(=O)c2ccccc2C1=O. The smallest absolute Gasteiger partial charge is 0.303 e. The van der Waals surface area contributed by atoms with E-state index >= 15 is 0 Å². The number of benzene rings is 2. The van der Waals surface area contributed by atoms with E-state index in [1.54, 1.807) is 24.3 Å². The van der Waals surface area contributed by atoms with E-state index in [0.29, 0.717) is 12.4 Å². The Kier molecular flexibility index (Phi) is 7.67. The normalized spacial score (nSPS) is 26.4. The van der Waals surface area contributed by atoms with Gasteiger partial charge in [0.25, 0.3) is 11.8 Å². The lowest BCUT2D eigenvalue weighted by Crippen LogP contribution is -2.65. The number of fused-ring (bicyclic) bond motifs is 1. The highest BCUT2D eigenvalue weighted by molar-refractivity contribution is 7.99. The molecule has 0 spiro atoms. The molecule has 2 aromatic rings. The van der Waals surface area contributed by atoms with Gasteiger partial charge < -0.3 is 19.3 Å². The molecule has 0 aromatic heterocycles. The third-order valence-corrected chi connectivity index (χ3v) is 6.84. The van der Waals surface area contributed by atoms with Gasteiger partial charge in [-0.3, -0.25) is 19.3 Å². The van der Waals surface area contributed by atoms with Crippen molar-refractivity contribution in [3.63, 3.8) is 0 Å². The number of aliphatic hydroxyl groups is 1. The Morgan fingerprint density at radius 1 is 1.06 bits per heavy atom. The molecule has 1 fully saturated rings. The molecule has 0 radical (unpaired) electrons. The fourth-order valence-electron chi connectivity index (χ4n) is 4.29. The average molecular weight is 486 g/mol. The lowest BCUT2D eigenvalue weighted by molar-refractivity contribution is -0.204. The van der Waals surface area contributed by atoms with Gasteiger partial charge in [0.15, 0.2) is 6.10 Å². The molecule has 1 saturated heterocycles. The van der Waals surface area contributed by atoms with Gasteiger partial charge in [-0.25, -0.2) is 0 Å². The number of thioether (sulfide) groups is 1. The summed E-state index contributed by atoms with van der Waals surface area (Å²) in [5.74, 6) is -1.01. The van der Waals surface area contributed by atoms with Crippen LogP contribution in [0, 0.1) is 0 Å². The van der Waals surface area contributed by atoms with Gasteiger partial charge in [0.05, 0.1) is 24.3 Å². The second kappa shape index (κ2) is 10.7. The third kappa shape index (κ3) is 4.88. The Balaban J connectivity index is 1.59. The van der Waals surface area contributed by atoms with Crippen molar-refractivity contribution in [1.82, 2.24) is 4.90 Å². The van der Waals surface area contributed by atoms with Gasteiger partial charge in [-0.1, -0.05) is 49.4 Å². The summed E-state index contributed by atoms with van der Waals surface area (Å²) in [5.41, 5.74) is 0.798. The molecule has 2 amide bonds. The highest BCUT2D eigenvalue weighted by Crippen LogP contribution is 2.37. The summed E-state index contributed by atoms with van der Waals surface area (Å²) in [7, 11) is 0. The van der Waals surface area contributed by atoms with Gasteiger partial charge in [0.1, 0.15) is 23.7 Å². The Hall–Kier alpha value is -2.72. The molecule has 8 nitrogen and oxygen atoms in total. The minimum Gasteiger partial charge on any atom is -0.457 e. The number of carbonyl (C=O) groups is 3. The van der Waals surface area contributed by atoms with E-state index < -0.39 is 47.6 Å². The van der Waals surface area contributed by atoms with Crippen molar-refractivity contribution in [2.45, 2.75) is 50.2 Å². The molecule has 0 saturated carbocycles. The van der Waals surface area contributed by atoms with Gasteiger partial charge in [-0.2, -0.15) is 0 Å². The molecule has 0 bridgehead atoms. The van der Waals surface area contributed by atoms with E-state index in [2.05, 4.69) is 0 Å². The first-order valence-electron chi connectivity index (χ1n) is 11.1. The molecule has 0 aliphatic carbocycles. The Morgan fingerprint density at radius 2 is 1.68 bits per heavy atom. The van der Waals surface area contributed by atoms with Crippen molar-refractivity contribution in [1.29, 1.82) is 0 Å². The van der Waals surface area contributed by atoms with Gasteiger partial charge in [-0.15, -0.1) is 11.8 Å². The topological polar surface area (TPSA) is 102 Å². The van der Waals surface area contributed by atoms with Crippen molar-refractivity contribution in [2.75, 3.05) is 12.4 Å². The number of ether oxygens (including phenoxy) is 3. The molecular weight excluding hydrogens is 458 g/mol. The van der Waals surface area contributed by atoms with E-state index in [0.717, 1.165) is 10.5 Å². The number of esters is 1. The summed E-state index contributed by atoms with van der Waals surface area (Å²) in [6.07, 6.45) is -3.28. The lowest BCUT2D eigenvalue weighted by Gasteiger charge is -2.46. The van der Waals surface area contributed by atoms with Crippen LogP contribution in [0.2, 0.25) is 0 Å². The maximum Gasteiger partial charge on any atom is 0.303 e. The van der Waals surface area contributed by atoms with E-state index in [1.807, 2.05) is 37.3 Å². The molecule has 2 aromatic carbocycles. The predicted octanol–water partition coefficient (Wildman–Crippen LogP) is 2.64. The summed E-state index contributed by atoms with van der Waals surface area (Å²) < 4.78 is 17.5. The summed E-state index contributed by atoms with van der Waals surface area (Å²) in [5, 5.41) is 11.1. The first-order valence-corrected chi connectivity index (χ1v) is 12.2. The molecule has 2 heterocycles. The number of imide groups is 1. The summed E-state index contributed by atoms with van der Waals surface area (Å²) in [6, 6.07) is 15.1. The molecule has 4 rings (SSSR count). The standard InChI is InChI=1S/C25H27NO7S/c1-3-34-25-20(26-23(29)17-11-7-8-12-18(17)24(26)30)22(32-15(2)27)21(28)19(33-25)14-31-13-16-9-5-4-6-10-16/h4-12,19-22,25,28H,3,13-14H2,1-2H3/t19-,20-,21-,22-,25+/m1/s1. The molecule has 9 heteroatoms. The van der Waals surface area contributed by atoms with Crippen LogP contribution in [-0.2, 0) is 25.6 Å². The number of hydrogen-bond acceptors (Lipinski definition) is 8. The molecule has 180 valence electrons. The van der Waals surface area contributed by atoms with E-state index in [1.165, 1.54) is 18.7 Å². The van der Waals surface area contributed by atoms with Crippen molar-refractivity contribution < 1.29 is 33.7 Å². The summed E-state index contributed by atoms with van der Waals surface area (Å²) >= 11 is 1.37. The minimum absolute atomic E-state index is 0.0451. The van der Waals surface area contributed by atoms with Crippen LogP contribution in [-0.4, -0.2) is 69.9 Å². The maximum atomic E-state index is 13.2. The maximum absolute atomic E-state index is 13.2. The fraction of sp³-hybridized carbons (Fsp3) is 0.400. The number of carbonyl (C=O) groups excluding carboxylic acids is 3. The van der Waals surface area contributed by atoms with Gasteiger partial charge in [-0.05, 0) is 23.4 Å². The van der Waals surface area contributed by atoms with Crippen LogP contribution in [0.15, 0.2) is 54.6 Å². The number of hydrogen-bond donors (Lipinski definition) is 1. The largest absolute Gasteiger partial charge is 0.457 e. The molecule has 0 unspecified atom stereocenters. The number of rotatable bonds is 8. The third-order valence-electron chi connectivity index (χ3n) is 5.79. The van der Waals surface area contributed by atoms with Gasteiger partial charge >= 0.3 is 5.97 Å². The van der Waals surface area contributed by atoms with Crippen LogP contribution in [0.5, 0.6) is 0 Å². The Labute approximate surface area is 202 Å². The second-order valence-electron chi connectivity index (χ2n) is 8.08. The summed E-state index contributed by atoms with van der Waals surface area (Å²) in [6.45, 7) is 3.51. The zero-order valence-electron chi connectivity index (χ0n) is 19.0. The van der Waals surface area contributed by atoms with Gasteiger partial charge in [0.2, 0.25) is 0 Å². The zero-order chi connectivity index (χ0) is 24.2. The number of nitrogens with zero attached hydrogens (tertiary/aromatic N) is 1. The van der Waals surface area contributed by atoms with Crippen LogP contribution >= 0.6 is 11.8 Å². The number of amides is 2. The first kappa shape index (κ1) is 24.4. The average Bonchev–Trinajstić information content (AvgIpc) is 3.08. The lowest BCUT2D eigenvalue weighted by atomic mass is 9.96. The Bertz CT molecular complexity index is 1010. The van der Waals surface area contributed by atoms with E-state index in [-0.39, 0.29) is 17.7 Å². The monoisotopic (exact) mass is 485 g/mol. The van der Waals surface area contributed by atoms with Crippen LogP contribution in [0.3, 0.4) is 0 Å². The van der Waals surface area contributed by atoms with Crippen molar-refractivity contribution in [3.8, 4) is 0 Å². The molecule has 1 N–H and O–H groups in total. The van der Waals surface area contributed by atoms with Crippen LogP contribution in [0.25, 0.3) is 0 Å². The summed E-state index contributed by atoms with van der Waals surface area (Å²) in [4.78, 5) is 39.4.